The lowest BCUT2D eigenvalue weighted by molar-refractivity contribution is 0.0772. The maximum absolute atomic E-state index is 13.6. The van der Waals surface area contributed by atoms with Gasteiger partial charge in [0.05, 0.1) is 17.1 Å². The Bertz CT molecular complexity index is 1150. The van der Waals surface area contributed by atoms with E-state index in [-0.39, 0.29) is 35.3 Å². The number of nitrogens with zero attached hydrogens (tertiary/aromatic N) is 2. The van der Waals surface area contributed by atoms with E-state index in [0.717, 1.165) is 0 Å². The van der Waals surface area contributed by atoms with Crippen molar-refractivity contribution >= 4 is 21.6 Å². The third-order valence-electron chi connectivity index (χ3n) is 4.73. The molecule has 6 nitrogen and oxygen atoms in total. The van der Waals surface area contributed by atoms with Gasteiger partial charge in [-0.2, -0.15) is 0 Å². The zero-order valence-electron chi connectivity index (χ0n) is 17.2. The molecule has 0 bridgehead atoms. The topological polar surface area (TPSA) is 66.9 Å². The normalized spacial score (nSPS) is 11.1. The van der Waals surface area contributed by atoms with Crippen LogP contribution in [0.15, 0.2) is 83.8 Å². The molecular formula is C23H23FN2O4S. The van der Waals surface area contributed by atoms with Gasteiger partial charge < -0.3 is 9.64 Å². The van der Waals surface area contributed by atoms with Crippen LogP contribution < -0.4 is 9.04 Å². The Kier molecular flexibility index (Phi) is 6.91. The minimum absolute atomic E-state index is 0.0145. The van der Waals surface area contributed by atoms with Crippen molar-refractivity contribution in [3.8, 4) is 5.75 Å². The summed E-state index contributed by atoms with van der Waals surface area (Å²) in [5, 5.41) is 0. The number of benzene rings is 3. The van der Waals surface area contributed by atoms with Crippen molar-refractivity contribution in [3.63, 3.8) is 0 Å². The van der Waals surface area contributed by atoms with Gasteiger partial charge in [-0.3, -0.25) is 9.10 Å². The van der Waals surface area contributed by atoms with Gasteiger partial charge in [-0.1, -0.05) is 36.4 Å². The van der Waals surface area contributed by atoms with Gasteiger partial charge in [-0.15, -0.1) is 0 Å². The molecule has 8 heteroatoms. The molecule has 0 atom stereocenters. The van der Waals surface area contributed by atoms with Gasteiger partial charge in [0.1, 0.15) is 6.61 Å². The molecule has 0 aromatic heterocycles. The van der Waals surface area contributed by atoms with Crippen molar-refractivity contribution < 1.29 is 22.3 Å². The number of anilines is 1. The summed E-state index contributed by atoms with van der Waals surface area (Å²) < 4.78 is 46.1. The van der Waals surface area contributed by atoms with E-state index in [9.17, 15) is 17.6 Å². The second kappa shape index (κ2) is 9.61. The molecule has 0 aliphatic heterocycles. The summed E-state index contributed by atoms with van der Waals surface area (Å²) in [4.78, 5) is 14.2. The second-order valence-electron chi connectivity index (χ2n) is 6.84. The van der Waals surface area contributed by atoms with Crippen molar-refractivity contribution in [2.45, 2.75) is 4.90 Å². The largest absolute Gasteiger partial charge is 0.489 e. The third-order valence-corrected chi connectivity index (χ3v) is 6.51. The number of halogens is 1. The highest BCUT2D eigenvalue weighted by Crippen LogP contribution is 2.22. The van der Waals surface area contributed by atoms with Crippen LogP contribution in [0.3, 0.4) is 0 Å². The predicted molar refractivity (Wildman–Crippen MR) is 117 cm³/mol. The summed E-state index contributed by atoms with van der Waals surface area (Å²) in [5.74, 6) is -0.728. The molecule has 3 rings (SSSR count). The molecule has 0 unspecified atom stereocenters. The Hall–Kier alpha value is -3.39. The van der Waals surface area contributed by atoms with E-state index in [4.69, 9.17) is 4.74 Å². The Balaban J connectivity index is 1.70. The zero-order valence-corrected chi connectivity index (χ0v) is 18.0. The summed E-state index contributed by atoms with van der Waals surface area (Å²) in [6, 6.07) is 20.6. The van der Waals surface area contributed by atoms with Gasteiger partial charge in [0.25, 0.3) is 15.9 Å². The summed E-state index contributed by atoms with van der Waals surface area (Å²) in [5.41, 5.74) is 0.748. The highest BCUT2D eigenvalue weighted by atomic mass is 32.2. The van der Waals surface area contributed by atoms with E-state index in [1.54, 1.807) is 55.6 Å². The smallest absolute Gasteiger partial charge is 0.264 e. The molecule has 0 saturated heterocycles. The van der Waals surface area contributed by atoms with Crippen molar-refractivity contribution in [1.82, 2.24) is 4.90 Å². The SMILES string of the molecule is CN(CCOc1ccccc1F)C(=O)c1cccc(S(=O)(=O)N(C)c2ccccc2)c1. The summed E-state index contributed by atoms with van der Waals surface area (Å²) in [6.45, 7) is 0.298. The minimum Gasteiger partial charge on any atom is -0.489 e. The lowest BCUT2D eigenvalue weighted by Crippen LogP contribution is -2.31. The van der Waals surface area contributed by atoms with Crippen LogP contribution >= 0.6 is 0 Å². The van der Waals surface area contributed by atoms with Crippen molar-refractivity contribution in [3.05, 3.63) is 90.2 Å². The first-order chi connectivity index (χ1) is 14.8. The molecule has 1 amide bonds. The third kappa shape index (κ3) is 5.21. The van der Waals surface area contributed by atoms with Crippen molar-refractivity contribution in [1.29, 1.82) is 0 Å². The molecule has 0 aliphatic carbocycles. The van der Waals surface area contributed by atoms with E-state index in [1.807, 2.05) is 0 Å². The number of hydrogen-bond donors (Lipinski definition) is 0. The number of hydrogen-bond acceptors (Lipinski definition) is 4. The van der Waals surface area contributed by atoms with Crippen molar-refractivity contribution in [2.24, 2.45) is 0 Å². The molecule has 31 heavy (non-hydrogen) atoms. The highest BCUT2D eigenvalue weighted by Gasteiger charge is 2.23. The Morgan fingerprint density at radius 1 is 0.935 bits per heavy atom. The molecule has 0 saturated carbocycles. The van der Waals surface area contributed by atoms with E-state index in [1.165, 1.54) is 46.6 Å². The number of rotatable bonds is 8. The lowest BCUT2D eigenvalue weighted by atomic mass is 10.2. The van der Waals surface area contributed by atoms with Crippen LogP contribution in [-0.4, -0.2) is 46.5 Å². The maximum atomic E-state index is 13.6. The average molecular weight is 443 g/mol. The first-order valence-electron chi connectivity index (χ1n) is 9.57. The van der Waals surface area contributed by atoms with Gasteiger partial charge in [-0.05, 0) is 42.5 Å². The van der Waals surface area contributed by atoms with Gasteiger partial charge >= 0.3 is 0 Å². The fourth-order valence-corrected chi connectivity index (χ4v) is 4.14. The van der Waals surface area contributed by atoms with Crippen LogP contribution in [0.1, 0.15) is 10.4 Å². The van der Waals surface area contributed by atoms with Gasteiger partial charge in [0.15, 0.2) is 11.6 Å². The Morgan fingerprint density at radius 2 is 1.61 bits per heavy atom. The van der Waals surface area contributed by atoms with Gasteiger partial charge in [0, 0.05) is 19.7 Å². The van der Waals surface area contributed by atoms with Crippen LogP contribution in [0.25, 0.3) is 0 Å². The summed E-state index contributed by atoms with van der Waals surface area (Å²) in [6.07, 6.45) is 0. The fraction of sp³-hybridized carbons (Fsp3) is 0.174. The molecule has 0 fully saturated rings. The van der Waals surface area contributed by atoms with Crippen LogP contribution in [-0.2, 0) is 10.0 Å². The number of amides is 1. The first kappa shape index (κ1) is 22.3. The summed E-state index contributed by atoms with van der Waals surface area (Å²) in [7, 11) is -0.798. The molecule has 162 valence electrons. The van der Waals surface area contributed by atoms with Crippen LogP contribution in [0.2, 0.25) is 0 Å². The van der Waals surface area contributed by atoms with E-state index in [0.29, 0.717) is 5.69 Å². The molecule has 3 aromatic carbocycles. The molecule has 0 N–H and O–H groups in total. The Labute approximate surface area is 181 Å². The van der Waals surface area contributed by atoms with E-state index < -0.39 is 15.8 Å². The lowest BCUT2D eigenvalue weighted by Gasteiger charge is -2.21. The quantitative estimate of drug-likeness (QED) is 0.532. The van der Waals surface area contributed by atoms with E-state index >= 15 is 0 Å². The van der Waals surface area contributed by atoms with Crippen molar-refractivity contribution in [2.75, 3.05) is 31.6 Å². The second-order valence-corrected chi connectivity index (χ2v) is 8.81. The fourth-order valence-electron chi connectivity index (χ4n) is 2.90. The van der Waals surface area contributed by atoms with E-state index in [2.05, 4.69) is 0 Å². The average Bonchev–Trinajstić information content (AvgIpc) is 2.79. The van der Waals surface area contributed by atoms with Crippen LogP contribution in [0, 0.1) is 5.82 Å². The first-order valence-corrected chi connectivity index (χ1v) is 11.0. The number of para-hydroxylation sites is 2. The zero-order chi connectivity index (χ0) is 22.4. The minimum atomic E-state index is -3.84. The number of carbonyl (C=O) groups excluding carboxylic acids is 1. The van der Waals surface area contributed by atoms with Gasteiger partial charge in [0.2, 0.25) is 0 Å². The van der Waals surface area contributed by atoms with Gasteiger partial charge in [-0.25, -0.2) is 12.8 Å². The predicted octanol–water partition coefficient (Wildman–Crippen LogP) is 3.80. The molecule has 3 aromatic rings. The molecule has 0 radical (unpaired) electrons. The number of sulfonamides is 1. The Morgan fingerprint density at radius 3 is 2.32 bits per heavy atom. The van der Waals surface area contributed by atoms with Crippen LogP contribution in [0.4, 0.5) is 10.1 Å². The maximum Gasteiger partial charge on any atom is 0.264 e. The number of carbonyl (C=O) groups is 1. The standard InChI is InChI=1S/C23H23FN2O4S/c1-25(15-16-30-22-14-7-6-13-21(22)24)23(27)18-9-8-12-20(17-18)31(28,29)26(2)19-10-4-3-5-11-19/h3-14,17H,15-16H2,1-2H3. The van der Waals surface area contributed by atoms with Crippen LogP contribution in [0.5, 0.6) is 5.75 Å². The molecule has 0 spiro atoms. The monoisotopic (exact) mass is 442 g/mol. The number of likely N-dealkylation sites (N-methyl/N-ethyl adjacent to an activating group) is 1. The molecule has 0 aliphatic rings. The summed E-state index contributed by atoms with van der Waals surface area (Å²) >= 11 is 0. The molecular weight excluding hydrogens is 419 g/mol. The highest BCUT2D eigenvalue weighted by molar-refractivity contribution is 7.92. The molecule has 0 heterocycles. The number of ether oxygens (including phenoxy) is 1.